The van der Waals surface area contributed by atoms with Crippen molar-refractivity contribution in [1.82, 2.24) is 0 Å². The maximum atomic E-state index is 11.2. The Hall–Kier alpha value is -1.10. The minimum Gasteiger partial charge on any atom is -0.365 e. The van der Waals surface area contributed by atoms with Gasteiger partial charge in [-0.1, -0.05) is 30.3 Å². The van der Waals surface area contributed by atoms with Gasteiger partial charge in [0.2, 0.25) is 0 Å². The number of ether oxygens (including phenoxy) is 1. The molecule has 1 rings (SSSR count). The summed E-state index contributed by atoms with van der Waals surface area (Å²) in [5, 5.41) is 8.95. The van der Waals surface area contributed by atoms with Gasteiger partial charge in [-0.3, -0.25) is 4.79 Å². The summed E-state index contributed by atoms with van der Waals surface area (Å²) in [5.41, 5.74) is 5.67. The number of halogens is 1. The summed E-state index contributed by atoms with van der Waals surface area (Å²) in [6, 6.07) is 8.67. The Morgan fingerprint density at radius 1 is 1.56 bits per heavy atom. The van der Waals surface area contributed by atoms with Gasteiger partial charge in [0.15, 0.2) is 0 Å². The lowest BCUT2D eigenvalue weighted by atomic mass is 10.0. The van der Waals surface area contributed by atoms with Gasteiger partial charge in [-0.05, 0) is 12.5 Å². The molecular formula is C11H14ClNO3. The maximum Gasteiger partial charge on any atom is 0.279 e. The molecule has 0 bridgehead atoms. The summed E-state index contributed by atoms with van der Waals surface area (Å²) < 4.78 is 4.96. The van der Waals surface area contributed by atoms with Crippen LogP contribution in [0.25, 0.3) is 0 Å². The molecule has 2 unspecified atom stereocenters. The van der Waals surface area contributed by atoms with Gasteiger partial charge in [0.1, 0.15) is 5.38 Å². The lowest BCUT2D eigenvalue weighted by Gasteiger charge is -2.28. The quantitative estimate of drug-likeness (QED) is 0.603. The summed E-state index contributed by atoms with van der Waals surface area (Å²) in [4.78, 5) is 11.2. The van der Waals surface area contributed by atoms with E-state index in [0.717, 1.165) is 0 Å². The van der Waals surface area contributed by atoms with Gasteiger partial charge >= 0.3 is 0 Å². The number of carbonyl (C=O) groups excluding carboxylic acids is 1. The first-order chi connectivity index (χ1) is 7.52. The molecule has 0 saturated heterocycles. The molecule has 0 saturated carbocycles. The van der Waals surface area contributed by atoms with Crippen molar-refractivity contribution >= 4 is 17.5 Å². The molecule has 0 aliphatic rings. The van der Waals surface area contributed by atoms with Gasteiger partial charge in [0.05, 0.1) is 0 Å². The summed E-state index contributed by atoms with van der Waals surface area (Å²) in [7, 11) is 0. The zero-order chi connectivity index (χ0) is 12.2. The number of amides is 1. The summed E-state index contributed by atoms with van der Waals surface area (Å²) in [6.07, 6.45) is 0. The number of primary amides is 1. The van der Waals surface area contributed by atoms with Crippen molar-refractivity contribution in [2.24, 2.45) is 5.73 Å². The molecule has 5 heteroatoms. The van der Waals surface area contributed by atoms with Crippen LogP contribution in [0.4, 0.5) is 0 Å². The molecule has 2 atom stereocenters. The van der Waals surface area contributed by atoms with Gasteiger partial charge in [-0.25, -0.2) is 0 Å². The van der Waals surface area contributed by atoms with Crippen LogP contribution in [0.3, 0.4) is 0 Å². The Bertz CT molecular complexity index is 358. The Labute approximate surface area is 99.0 Å². The molecule has 4 nitrogen and oxygen atoms in total. The van der Waals surface area contributed by atoms with E-state index in [4.69, 9.17) is 22.1 Å². The first kappa shape index (κ1) is 13.0. The van der Waals surface area contributed by atoms with E-state index < -0.39 is 17.1 Å². The highest BCUT2D eigenvalue weighted by atomic mass is 35.5. The van der Waals surface area contributed by atoms with Gasteiger partial charge in [0.25, 0.3) is 11.7 Å². The number of alkyl halides is 1. The topological polar surface area (TPSA) is 72.6 Å². The minimum absolute atomic E-state index is 0.134. The minimum atomic E-state index is -2.18. The second-order valence-electron chi connectivity index (χ2n) is 3.27. The Kier molecular flexibility index (Phi) is 4.29. The van der Waals surface area contributed by atoms with Crippen molar-refractivity contribution in [1.29, 1.82) is 0 Å². The van der Waals surface area contributed by atoms with Crippen LogP contribution in [0, 0.1) is 0 Å². The molecular weight excluding hydrogens is 230 g/mol. The summed E-state index contributed by atoms with van der Waals surface area (Å²) in [6.45, 7) is 1.78. The van der Waals surface area contributed by atoms with Crippen LogP contribution in [-0.4, -0.2) is 23.4 Å². The molecule has 88 valence electrons. The molecule has 1 aromatic rings. The highest BCUT2D eigenvalue weighted by Crippen LogP contribution is 2.33. The molecule has 16 heavy (non-hydrogen) atoms. The van der Waals surface area contributed by atoms with Crippen LogP contribution in [0.15, 0.2) is 30.3 Å². The van der Waals surface area contributed by atoms with Gasteiger partial charge in [0, 0.05) is 6.61 Å². The van der Waals surface area contributed by atoms with Gasteiger partial charge in [-0.15, -0.1) is 11.6 Å². The van der Waals surface area contributed by atoms with Crippen molar-refractivity contribution in [2.45, 2.75) is 18.1 Å². The normalized spacial score (nSPS) is 16.4. The zero-order valence-corrected chi connectivity index (χ0v) is 9.65. The van der Waals surface area contributed by atoms with E-state index in [1.54, 1.807) is 37.3 Å². The highest BCUT2D eigenvalue weighted by Gasteiger charge is 2.43. The molecule has 0 heterocycles. The van der Waals surface area contributed by atoms with Crippen molar-refractivity contribution in [3.05, 3.63) is 35.9 Å². The van der Waals surface area contributed by atoms with E-state index >= 15 is 0 Å². The fourth-order valence-corrected chi connectivity index (χ4v) is 1.65. The predicted octanol–water partition coefficient (Wildman–Crippen LogP) is 1.18. The van der Waals surface area contributed by atoms with E-state index in [2.05, 4.69) is 0 Å². The molecule has 1 amide bonds. The first-order valence-electron chi connectivity index (χ1n) is 4.87. The monoisotopic (exact) mass is 243 g/mol. The number of carbonyl (C=O) groups is 1. The lowest BCUT2D eigenvalue weighted by molar-refractivity contribution is -0.204. The van der Waals surface area contributed by atoms with Gasteiger partial charge in [-0.2, -0.15) is 0 Å². The SMILES string of the molecule is CCOC(O)(C(N)=O)C(Cl)c1ccccc1. The molecule has 0 aliphatic heterocycles. The van der Waals surface area contributed by atoms with Crippen LogP contribution in [0.2, 0.25) is 0 Å². The smallest absolute Gasteiger partial charge is 0.279 e. The predicted molar refractivity (Wildman–Crippen MR) is 60.8 cm³/mol. The van der Waals surface area contributed by atoms with Crippen molar-refractivity contribution < 1.29 is 14.6 Å². The Balaban J connectivity index is 3.00. The second-order valence-corrected chi connectivity index (χ2v) is 3.70. The third-order valence-corrected chi connectivity index (χ3v) is 2.70. The molecule has 0 aromatic heterocycles. The fourth-order valence-electron chi connectivity index (χ4n) is 1.34. The molecule has 0 aliphatic carbocycles. The molecule has 3 N–H and O–H groups in total. The van der Waals surface area contributed by atoms with Crippen molar-refractivity contribution in [3.63, 3.8) is 0 Å². The number of hydrogen-bond donors (Lipinski definition) is 2. The average molecular weight is 244 g/mol. The van der Waals surface area contributed by atoms with Crippen LogP contribution in [0.5, 0.6) is 0 Å². The van der Waals surface area contributed by atoms with Gasteiger partial charge < -0.3 is 15.6 Å². The third kappa shape index (κ3) is 2.52. The standard InChI is InChI=1S/C11H14ClNO3/c1-2-16-11(15,10(13)14)9(12)8-6-4-3-5-7-8/h3-7,9,15H,2H2,1H3,(H2,13,14). The molecule has 1 aromatic carbocycles. The average Bonchev–Trinajstić information content (AvgIpc) is 2.29. The molecule has 0 spiro atoms. The highest BCUT2D eigenvalue weighted by molar-refractivity contribution is 6.23. The fraction of sp³-hybridized carbons (Fsp3) is 0.364. The molecule has 0 radical (unpaired) electrons. The number of nitrogens with two attached hydrogens (primary N) is 1. The Morgan fingerprint density at radius 3 is 2.56 bits per heavy atom. The van der Waals surface area contributed by atoms with Crippen molar-refractivity contribution in [2.75, 3.05) is 6.61 Å². The second kappa shape index (κ2) is 5.30. The van der Waals surface area contributed by atoms with E-state index in [1.807, 2.05) is 0 Å². The van der Waals surface area contributed by atoms with Crippen molar-refractivity contribution in [3.8, 4) is 0 Å². The summed E-state index contributed by atoms with van der Waals surface area (Å²) in [5.74, 6) is -3.18. The van der Waals surface area contributed by atoms with E-state index in [1.165, 1.54) is 0 Å². The number of hydrogen-bond acceptors (Lipinski definition) is 3. The van der Waals surface area contributed by atoms with Crippen LogP contribution in [0.1, 0.15) is 17.9 Å². The number of aliphatic hydroxyl groups is 1. The van der Waals surface area contributed by atoms with Crippen LogP contribution in [-0.2, 0) is 9.53 Å². The molecule has 0 fully saturated rings. The summed E-state index contributed by atoms with van der Waals surface area (Å²) >= 11 is 6.01. The lowest BCUT2D eigenvalue weighted by Crippen LogP contribution is -2.49. The largest absolute Gasteiger partial charge is 0.365 e. The van der Waals surface area contributed by atoms with Crippen LogP contribution < -0.4 is 5.73 Å². The first-order valence-corrected chi connectivity index (χ1v) is 5.31. The van der Waals surface area contributed by atoms with Crippen LogP contribution >= 0.6 is 11.6 Å². The third-order valence-electron chi connectivity index (χ3n) is 2.15. The maximum absolute atomic E-state index is 11.2. The number of benzene rings is 1. The number of rotatable bonds is 5. The zero-order valence-electron chi connectivity index (χ0n) is 8.89. The van der Waals surface area contributed by atoms with E-state index in [-0.39, 0.29) is 6.61 Å². The van der Waals surface area contributed by atoms with E-state index in [0.29, 0.717) is 5.56 Å². The Morgan fingerprint density at radius 2 is 2.12 bits per heavy atom. The van der Waals surface area contributed by atoms with E-state index in [9.17, 15) is 9.90 Å².